The molecule has 0 radical (unpaired) electrons. The molecule has 0 aliphatic heterocycles. The van der Waals surface area contributed by atoms with Gasteiger partial charge in [-0.1, -0.05) is 12.1 Å². The minimum absolute atomic E-state index is 0.0470. The van der Waals surface area contributed by atoms with E-state index in [-0.39, 0.29) is 81.6 Å². The zero-order chi connectivity index (χ0) is 72.2. The average Bonchev–Trinajstić information content (AvgIpc) is 1.14. The van der Waals surface area contributed by atoms with E-state index in [2.05, 4.69) is 88.1 Å². The lowest BCUT2D eigenvalue weighted by Crippen LogP contribution is -2.64. The quantitative estimate of drug-likeness (QED) is 0.0152. The summed E-state index contributed by atoms with van der Waals surface area (Å²) in [5, 5.41) is 90.0. The molecule has 4 heterocycles. The molecule has 19 N–H and O–H groups in total. The molecule has 40 nitrogen and oxygen atoms in total. The summed E-state index contributed by atoms with van der Waals surface area (Å²) in [7, 11) is 0. The van der Waals surface area contributed by atoms with Crippen LogP contribution < -0.4 is 53.2 Å². The first-order valence-electron chi connectivity index (χ1n) is 31.2. The van der Waals surface area contributed by atoms with Gasteiger partial charge in [-0.15, -0.1) is 5.10 Å². The van der Waals surface area contributed by atoms with Crippen LogP contribution in [0.5, 0.6) is 0 Å². The number of aliphatic carboxylic acids is 6. The molecule has 0 bridgehead atoms. The van der Waals surface area contributed by atoms with Crippen molar-refractivity contribution in [2.75, 3.05) is 13.1 Å². The number of aryl methyl sites for hydroxylation is 1. The highest BCUT2D eigenvalue weighted by Crippen LogP contribution is 2.15. The van der Waals surface area contributed by atoms with E-state index in [1.54, 1.807) is 6.20 Å². The lowest BCUT2D eigenvalue weighted by molar-refractivity contribution is -0.141. The first-order chi connectivity index (χ1) is 46.7. The number of carboxylic acid groups (broad SMARTS) is 6. The van der Waals surface area contributed by atoms with Crippen LogP contribution in [0.1, 0.15) is 132 Å². The lowest BCUT2D eigenvalue weighted by Gasteiger charge is -2.33. The Morgan fingerprint density at radius 3 is 1.52 bits per heavy atom. The molecule has 4 aromatic rings. The Kier molecular flexibility index (Phi) is 33.6. The molecule has 0 saturated carbocycles. The molecule has 0 saturated heterocycles. The molecule has 8 unspecified atom stereocenters. The number of H-pyrrole nitrogens is 3. The fourth-order valence-electron chi connectivity index (χ4n) is 9.57. The summed E-state index contributed by atoms with van der Waals surface area (Å²) in [6.07, 6.45) is 5.26. The van der Waals surface area contributed by atoms with E-state index in [1.807, 2.05) is 12.2 Å². The van der Waals surface area contributed by atoms with Crippen molar-refractivity contribution < 1.29 is 103 Å². The number of aromatic nitrogens is 9. The van der Waals surface area contributed by atoms with Crippen molar-refractivity contribution in [2.24, 2.45) is 0 Å². The molecule has 4 rings (SSSR count). The molecule has 0 aliphatic carbocycles. The number of carbonyl (C=O) groups excluding carboxylic acids is 9. The summed E-state index contributed by atoms with van der Waals surface area (Å²) < 4.78 is 1.52. The van der Waals surface area contributed by atoms with Gasteiger partial charge in [0, 0.05) is 113 Å². The first-order valence-corrected chi connectivity index (χ1v) is 31.2. The van der Waals surface area contributed by atoms with E-state index in [0.29, 0.717) is 37.2 Å². The number of hydrogen-bond donors (Lipinski definition) is 19. The van der Waals surface area contributed by atoms with Gasteiger partial charge in [-0.25, -0.2) is 29.3 Å². The zero-order valence-electron chi connectivity index (χ0n) is 53.4. The number of unbranched alkanes of at least 4 members (excludes halogenated alkanes) is 2. The van der Waals surface area contributed by atoms with Crippen LogP contribution in [-0.4, -0.2) is 226 Å². The fraction of sp³-hybridized carbons (Fsp3) is 0.552. The van der Waals surface area contributed by atoms with Crippen LogP contribution in [0.4, 0.5) is 4.79 Å². The van der Waals surface area contributed by atoms with Gasteiger partial charge in [0.15, 0.2) is 0 Å². The van der Waals surface area contributed by atoms with E-state index in [1.165, 1.54) is 42.3 Å². The molecule has 0 aliphatic rings. The van der Waals surface area contributed by atoms with E-state index in [9.17, 15) is 97.5 Å². The van der Waals surface area contributed by atoms with E-state index >= 15 is 0 Å². The minimum atomic E-state index is -2.17. The second-order valence-corrected chi connectivity index (χ2v) is 22.7. The van der Waals surface area contributed by atoms with Crippen molar-refractivity contribution in [3.05, 3.63) is 66.5 Å². The average molecular weight is 1380 g/mol. The Bertz CT molecular complexity index is 3310. The van der Waals surface area contributed by atoms with E-state index in [4.69, 9.17) is 5.11 Å². The highest BCUT2D eigenvalue weighted by atomic mass is 16.4. The van der Waals surface area contributed by atoms with Gasteiger partial charge in [0.2, 0.25) is 41.4 Å². The van der Waals surface area contributed by atoms with Crippen LogP contribution in [0.3, 0.4) is 0 Å². The van der Waals surface area contributed by atoms with Gasteiger partial charge in [0.1, 0.15) is 53.8 Å². The highest BCUT2D eigenvalue weighted by Gasteiger charge is 2.39. The van der Waals surface area contributed by atoms with Gasteiger partial charge in [-0.3, -0.25) is 57.4 Å². The standard InChI is InChI=1S/C58H83N19O21/c1-2-7-44(79)63-26-36-27-77(76-75-36)19-6-4-9-45(80)68-38(11-15-47(83)84)52(91)71-43(21-34-24-60-31-66-34)53(92)69-39(12-16-48(85)86)54(93)74-58(29-78,22-35-25-61-32-67-35)28-64-37(10-14-46(81)82)51(90)70-42(20-33-23-59-30-65-33)50(89)62-18-5-3-8-40(55(94)95)72-57(98)73-41(56(96)97)13-17-49(87)88/h23-25,27,29-32,37-43,64H,2-22,26,28H2,1H3,(H,59,65)(H,60,66)(H,61,67)(H,62,89)(H,63,79)(H,68,80)(H,69,92)(H,70,90)(H,71,91)(H,74,93)(H,81,82)(H,83,84)(H,85,86)(H,87,88)(H,94,95)(H,96,97)(H2,72,73,98). The summed E-state index contributed by atoms with van der Waals surface area (Å²) >= 11 is 0. The number of rotatable bonds is 50. The number of aromatic amines is 3. The number of hydrogen-bond acceptors (Lipinski definition) is 21. The molecule has 536 valence electrons. The minimum Gasteiger partial charge on any atom is -0.481 e. The van der Waals surface area contributed by atoms with Crippen LogP contribution in [-0.2, 0) is 99.5 Å². The number of urea groups is 1. The number of carboxylic acids is 6. The number of amides is 9. The van der Waals surface area contributed by atoms with Crippen LogP contribution >= 0.6 is 0 Å². The Hall–Kier alpha value is -11.2. The second-order valence-electron chi connectivity index (χ2n) is 22.7. The van der Waals surface area contributed by atoms with E-state index < -0.39 is 189 Å². The van der Waals surface area contributed by atoms with Gasteiger partial charge in [0.05, 0.1) is 37.8 Å². The molecule has 0 aromatic carbocycles. The molecular weight excluding hydrogens is 1300 g/mol. The molecule has 0 fully saturated rings. The van der Waals surface area contributed by atoms with Crippen molar-refractivity contribution in [3.8, 4) is 0 Å². The van der Waals surface area contributed by atoms with Crippen LogP contribution in [0, 0.1) is 0 Å². The third-order valence-corrected chi connectivity index (χ3v) is 14.7. The smallest absolute Gasteiger partial charge is 0.326 e. The lowest BCUT2D eigenvalue weighted by atomic mass is 9.93. The van der Waals surface area contributed by atoms with Gasteiger partial charge in [-0.05, 0) is 64.2 Å². The SMILES string of the molecule is CCCC(=O)NCc1cn(CCCCC(=O)NC(CCC(=O)O)C(=O)NC(Cc2cnc[nH]2)C(=O)NC(CCC(=O)O)C(=O)NC(C=O)(CNC(CCC(=O)O)C(=O)NC(Cc2cnc[nH]2)C(=O)NCCCCC(NC(=O)NC(CCC(=O)O)C(=O)O)C(=O)O)Cc2cnc[nH]2)nn1. The number of carbonyl (C=O) groups is 15. The van der Waals surface area contributed by atoms with Crippen LogP contribution in [0.15, 0.2) is 43.8 Å². The van der Waals surface area contributed by atoms with Crippen molar-refractivity contribution in [1.82, 2.24) is 98.1 Å². The van der Waals surface area contributed by atoms with Crippen molar-refractivity contribution in [3.63, 3.8) is 0 Å². The predicted octanol–water partition coefficient (Wildman–Crippen LogP) is -3.34. The summed E-state index contributed by atoms with van der Waals surface area (Å²) in [4.78, 5) is 213. The van der Waals surface area contributed by atoms with Crippen molar-refractivity contribution in [2.45, 2.75) is 190 Å². The number of aldehydes is 1. The summed E-state index contributed by atoms with van der Waals surface area (Å²) in [6, 6.07) is -12.4. The van der Waals surface area contributed by atoms with Crippen molar-refractivity contribution in [1.29, 1.82) is 0 Å². The summed E-state index contributed by atoms with van der Waals surface area (Å²) in [5.41, 5.74) is -0.873. The zero-order valence-corrected chi connectivity index (χ0v) is 53.4. The fourth-order valence-corrected chi connectivity index (χ4v) is 9.57. The van der Waals surface area contributed by atoms with Gasteiger partial charge >= 0.3 is 41.8 Å². The third-order valence-electron chi connectivity index (χ3n) is 14.7. The van der Waals surface area contributed by atoms with Gasteiger partial charge < -0.3 is 104 Å². The summed E-state index contributed by atoms with van der Waals surface area (Å²) in [5.74, 6) is -14.4. The number of imidazole rings is 3. The first kappa shape index (κ1) is 79.2. The van der Waals surface area contributed by atoms with Crippen LogP contribution in [0.2, 0.25) is 0 Å². The van der Waals surface area contributed by atoms with Gasteiger partial charge in [0.25, 0.3) is 0 Å². The molecule has 40 heteroatoms. The maximum atomic E-state index is 14.6. The Morgan fingerprint density at radius 2 is 1.00 bits per heavy atom. The number of nitrogens with zero attached hydrogens (tertiary/aromatic N) is 6. The molecule has 0 spiro atoms. The van der Waals surface area contributed by atoms with Gasteiger partial charge in [-0.2, -0.15) is 0 Å². The van der Waals surface area contributed by atoms with Crippen LogP contribution in [0.25, 0.3) is 0 Å². The van der Waals surface area contributed by atoms with Crippen molar-refractivity contribution >= 4 is 89.5 Å². The predicted molar refractivity (Wildman–Crippen MR) is 333 cm³/mol. The maximum absolute atomic E-state index is 14.6. The Balaban J connectivity index is 1.51. The Morgan fingerprint density at radius 1 is 0.510 bits per heavy atom. The third kappa shape index (κ3) is 30.0. The molecule has 8 atom stereocenters. The topological polar surface area (TPSA) is 614 Å². The normalized spacial score (nSPS) is 13.8. The summed E-state index contributed by atoms with van der Waals surface area (Å²) in [6.45, 7) is 1.53. The molecule has 9 amide bonds. The molecule has 4 aromatic heterocycles. The Labute approximate surface area is 558 Å². The maximum Gasteiger partial charge on any atom is 0.326 e. The monoisotopic (exact) mass is 1380 g/mol. The largest absolute Gasteiger partial charge is 0.481 e. The second kappa shape index (κ2) is 41.6. The van der Waals surface area contributed by atoms with E-state index in [0.717, 1.165) is 0 Å². The highest BCUT2D eigenvalue weighted by molar-refractivity contribution is 5.96. The molecular formula is C58H83N19O21. The number of nitrogens with one attached hydrogen (secondary N) is 13. The molecule has 98 heavy (non-hydrogen) atoms.